The zero-order chi connectivity index (χ0) is 21.5. The van der Waals surface area contributed by atoms with Crippen molar-refractivity contribution in [1.29, 1.82) is 0 Å². The highest BCUT2D eigenvalue weighted by molar-refractivity contribution is 7.88. The number of rotatable bonds is 3. The molecule has 1 aromatic heterocycles. The maximum atomic E-state index is 13.0. The van der Waals surface area contributed by atoms with Gasteiger partial charge in [-0.15, -0.1) is 0 Å². The third kappa shape index (κ3) is 4.66. The van der Waals surface area contributed by atoms with Crippen molar-refractivity contribution >= 4 is 10.1 Å². The fourth-order valence-electron chi connectivity index (χ4n) is 2.65. The fraction of sp³-hybridized carbons (Fsp3) is 0.450. The SMILES string of the molecule is CC(C)(C)c1cc(OS(=O)(=O)C(F)(F)F)c(-c2ccccn2)c(C(C)(C)C)c1. The van der Waals surface area contributed by atoms with E-state index in [-0.39, 0.29) is 11.3 Å². The van der Waals surface area contributed by atoms with E-state index in [0.717, 1.165) is 0 Å². The van der Waals surface area contributed by atoms with Crippen molar-refractivity contribution in [2.75, 3.05) is 0 Å². The minimum atomic E-state index is -5.83. The molecule has 0 aliphatic rings. The monoisotopic (exact) mass is 415 g/mol. The molecule has 0 amide bonds. The molecule has 0 saturated carbocycles. The molecule has 0 N–H and O–H groups in total. The van der Waals surface area contributed by atoms with Gasteiger partial charge in [0, 0.05) is 11.8 Å². The summed E-state index contributed by atoms with van der Waals surface area (Å²) in [5.41, 5.74) is -4.62. The van der Waals surface area contributed by atoms with Gasteiger partial charge in [0.25, 0.3) is 0 Å². The van der Waals surface area contributed by atoms with E-state index in [2.05, 4.69) is 9.17 Å². The van der Waals surface area contributed by atoms with Gasteiger partial charge in [-0.25, -0.2) is 0 Å². The molecular weight excluding hydrogens is 391 g/mol. The number of pyridine rings is 1. The molecule has 0 radical (unpaired) electrons. The zero-order valence-electron chi connectivity index (χ0n) is 16.7. The molecule has 28 heavy (non-hydrogen) atoms. The van der Waals surface area contributed by atoms with Crippen molar-refractivity contribution in [2.24, 2.45) is 0 Å². The van der Waals surface area contributed by atoms with Gasteiger partial charge in [-0.2, -0.15) is 21.6 Å². The summed E-state index contributed by atoms with van der Waals surface area (Å²) in [4.78, 5) is 4.21. The maximum absolute atomic E-state index is 13.0. The van der Waals surface area contributed by atoms with Crippen LogP contribution in [0.1, 0.15) is 52.7 Å². The summed E-state index contributed by atoms with van der Waals surface area (Å²) in [7, 11) is -5.83. The lowest BCUT2D eigenvalue weighted by molar-refractivity contribution is -0.0499. The molecule has 154 valence electrons. The zero-order valence-corrected chi connectivity index (χ0v) is 17.5. The number of alkyl halides is 3. The Hall–Kier alpha value is -2.09. The molecule has 1 heterocycles. The molecule has 0 atom stereocenters. The molecule has 0 aliphatic heterocycles. The first-order chi connectivity index (χ1) is 12.5. The first-order valence-corrected chi connectivity index (χ1v) is 10.1. The number of nitrogens with zero attached hydrogens (tertiary/aromatic N) is 1. The molecule has 2 rings (SSSR count). The second-order valence-corrected chi connectivity index (χ2v) is 10.1. The highest BCUT2D eigenvalue weighted by atomic mass is 32.2. The summed E-state index contributed by atoms with van der Waals surface area (Å²) in [6.45, 7) is 11.3. The van der Waals surface area contributed by atoms with E-state index in [1.165, 1.54) is 12.3 Å². The second kappa shape index (κ2) is 7.06. The maximum Gasteiger partial charge on any atom is 0.534 e. The van der Waals surface area contributed by atoms with Crippen LogP contribution in [0.2, 0.25) is 0 Å². The Bertz CT molecular complexity index is 955. The largest absolute Gasteiger partial charge is 0.534 e. The molecular formula is C20H24F3NO3S. The lowest BCUT2D eigenvalue weighted by Gasteiger charge is -2.29. The minimum absolute atomic E-state index is 0.230. The summed E-state index contributed by atoms with van der Waals surface area (Å²) in [5, 5.41) is 0. The van der Waals surface area contributed by atoms with Gasteiger partial charge in [0.05, 0.1) is 5.69 Å². The molecule has 8 heteroatoms. The van der Waals surface area contributed by atoms with Gasteiger partial charge in [-0.05, 0) is 40.2 Å². The first-order valence-electron chi connectivity index (χ1n) is 8.65. The van der Waals surface area contributed by atoms with E-state index in [1.54, 1.807) is 18.2 Å². The number of halogens is 3. The topological polar surface area (TPSA) is 56.3 Å². The Morgan fingerprint density at radius 2 is 1.54 bits per heavy atom. The molecule has 2 aromatic rings. The highest BCUT2D eigenvalue weighted by Crippen LogP contribution is 2.43. The standard InChI is InChI=1S/C20H24F3NO3S/c1-18(2,3)13-11-14(19(4,5)6)17(15-9-7-8-10-24-15)16(12-13)27-28(25,26)20(21,22)23/h7-12H,1-6H3. The molecule has 1 aromatic carbocycles. The summed E-state index contributed by atoms with van der Waals surface area (Å²) >= 11 is 0. The van der Waals surface area contributed by atoms with Gasteiger partial charge in [0.15, 0.2) is 5.75 Å². The van der Waals surface area contributed by atoms with Crippen LogP contribution in [0.5, 0.6) is 5.75 Å². The summed E-state index contributed by atoms with van der Waals surface area (Å²) in [5.74, 6) is -0.381. The molecule has 0 aliphatic carbocycles. The Morgan fingerprint density at radius 3 is 1.96 bits per heavy atom. The van der Waals surface area contributed by atoms with Crippen molar-refractivity contribution in [3.05, 3.63) is 47.7 Å². The van der Waals surface area contributed by atoms with Gasteiger partial charge in [0.2, 0.25) is 0 Å². The minimum Gasteiger partial charge on any atom is -0.375 e. The van der Waals surface area contributed by atoms with Crippen molar-refractivity contribution in [2.45, 2.75) is 57.9 Å². The smallest absolute Gasteiger partial charge is 0.375 e. The van der Waals surface area contributed by atoms with E-state index in [9.17, 15) is 21.6 Å². The van der Waals surface area contributed by atoms with Crippen LogP contribution in [0.25, 0.3) is 11.3 Å². The molecule has 0 unspecified atom stereocenters. The normalized spacial score (nSPS) is 13.5. The van der Waals surface area contributed by atoms with E-state index < -0.39 is 26.5 Å². The van der Waals surface area contributed by atoms with Gasteiger partial charge in [-0.1, -0.05) is 53.7 Å². The molecule has 0 bridgehead atoms. The van der Waals surface area contributed by atoms with Gasteiger partial charge in [-0.3, -0.25) is 4.98 Å². The molecule has 4 nitrogen and oxygen atoms in total. The van der Waals surface area contributed by atoms with Crippen molar-refractivity contribution < 1.29 is 25.8 Å². The van der Waals surface area contributed by atoms with E-state index in [1.807, 2.05) is 47.6 Å². The van der Waals surface area contributed by atoms with Crippen LogP contribution in [0, 0.1) is 0 Å². The van der Waals surface area contributed by atoms with Gasteiger partial charge in [0.1, 0.15) is 0 Å². The summed E-state index contributed by atoms with van der Waals surface area (Å²) < 4.78 is 67.1. The third-order valence-electron chi connectivity index (χ3n) is 4.18. The van der Waals surface area contributed by atoms with Crippen molar-refractivity contribution in [3.8, 4) is 17.0 Å². The number of benzene rings is 1. The molecule has 0 saturated heterocycles. The van der Waals surface area contributed by atoms with Crippen LogP contribution in [-0.2, 0) is 20.9 Å². The van der Waals surface area contributed by atoms with E-state index in [4.69, 9.17) is 0 Å². The van der Waals surface area contributed by atoms with Gasteiger partial charge >= 0.3 is 15.6 Å². The van der Waals surface area contributed by atoms with Gasteiger partial charge < -0.3 is 4.18 Å². The Morgan fingerprint density at radius 1 is 0.929 bits per heavy atom. The quantitative estimate of drug-likeness (QED) is 0.486. The summed E-state index contributed by atoms with van der Waals surface area (Å²) in [6.07, 6.45) is 1.49. The van der Waals surface area contributed by atoms with Crippen LogP contribution in [0.3, 0.4) is 0 Å². The van der Waals surface area contributed by atoms with Crippen LogP contribution >= 0.6 is 0 Å². The molecule has 0 spiro atoms. The van der Waals surface area contributed by atoms with Crippen molar-refractivity contribution in [1.82, 2.24) is 4.98 Å². The average molecular weight is 415 g/mol. The highest BCUT2D eigenvalue weighted by Gasteiger charge is 2.49. The fourth-order valence-corrected chi connectivity index (χ4v) is 3.11. The predicted molar refractivity (Wildman–Crippen MR) is 103 cm³/mol. The lowest BCUT2D eigenvalue weighted by Crippen LogP contribution is -2.29. The number of hydrogen-bond donors (Lipinski definition) is 0. The average Bonchev–Trinajstić information content (AvgIpc) is 2.51. The molecule has 0 fully saturated rings. The number of aromatic nitrogens is 1. The van der Waals surface area contributed by atoms with E-state index >= 15 is 0 Å². The van der Waals surface area contributed by atoms with Crippen LogP contribution < -0.4 is 4.18 Å². The lowest BCUT2D eigenvalue weighted by atomic mass is 9.77. The first kappa shape index (κ1) is 22.2. The van der Waals surface area contributed by atoms with Crippen LogP contribution in [0.4, 0.5) is 13.2 Å². The van der Waals surface area contributed by atoms with Crippen LogP contribution in [0.15, 0.2) is 36.5 Å². The van der Waals surface area contributed by atoms with Crippen molar-refractivity contribution in [3.63, 3.8) is 0 Å². The van der Waals surface area contributed by atoms with E-state index in [0.29, 0.717) is 16.8 Å². The second-order valence-electron chi connectivity index (χ2n) is 8.60. The third-order valence-corrected chi connectivity index (χ3v) is 5.15. The summed E-state index contributed by atoms with van der Waals surface area (Å²) in [6, 6.07) is 8.17. The number of hydrogen-bond acceptors (Lipinski definition) is 4. The Balaban J connectivity index is 2.91. The Labute approximate surface area is 163 Å². The van der Waals surface area contributed by atoms with Crippen LogP contribution in [-0.4, -0.2) is 18.9 Å². The Kier molecular flexibility index (Phi) is 5.60. The predicted octanol–water partition coefficient (Wildman–Crippen LogP) is 5.57.